The lowest BCUT2D eigenvalue weighted by molar-refractivity contribution is -0.137. The molecule has 1 aliphatic rings. The van der Waals surface area contributed by atoms with Crippen LogP contribution >= 0.6 is 11.6 Å². The first-order valence-electron chi connectivity index (χ1n) is 18.9. The van der Waals surface area contributed by atoms with Crippen molar-refractivity contribution in [3.05, 3.63) is 101 Å². The van der Waals surface area contributed by atoms with E-state index in [4.69, 9.17) is 16.3 Å². The summed E-state index contributed by atoms with van der Waals surface area (Å²) in [7, 11) is 7.09. The number of nitrogens with one attached hydrogen (secondary N) is 1. The molecule has 0 radical (unpaired) electrons. The Balaban J connectivity index is 1.13. The number of benzene rings is 3. The second-order valence-corrected chi connectivity index (χ2v) is 14.7. The number of anilines is 1. The number of carbonyl (C=O) groups is 3. The molecule has 0 spiro atoms. The summed E-state index contributed by atoms with van der Waals surface area (Å²) < 4.78 is 40.1. The lowest BCUT2D eigenvalue weighted by Gasteiger charge is -2.36. The number of rotatable bonds is 14. The number of methoxy groups -OCH3 is 1. The summed E-state index contributed by atoms with van der Waals surface area (Å²) in [5.74, 6) is -3.05. The van der Waals surface area contributed by atoms with Crippen molar-refractivity contribution >= 4 is 35.0 Å². The number of amides is 3. The molecular formula is C42H47ClF2N8O4. The average Bonchev–Trinajstić information content (AvgIpc) is 3.81. The summed E-state index contributed by atoms with van der Waals surface area (Å²) in [6, 6.07) is 16.8. The van der Waals surface area contributed by atoms with Gasteiger partial charge in [0.05, 0.1) is 35.6 Å². The minimum Gasteiger partial charge on any atom is -0.383 e. The maximum atomic E-state index is 16.0. The number of ether oxygens (including phenoxy) is 1. The van der Waals surface area contributed by atoms with Crippen LogP contribution in [0.4, 0.5) is 14.5 Å². The van der Waals surface area contributed by atoms with Gasteiger partial charge in [-0.2, -0.15) is 5.10 Å². The van der Waals surface area contributed by atoms with Crippen molar-refractivity contribution in [1.82, 2.24) is 34.0 Å². The number of imidazole rings is 1. The van der Waals surface area contributed by atoms with E-state index in [1.807, 2.05) is 56.3 Å². The Morgan fingerprint density at radius 1 is 0.947 bits per heavy atom. The third-order valence-electron chi connectivity index (χ3n) is 10.3. The number of halogens is 3. The molecule has 3 aromatic carbocycles. The van der Waals surface area contributed by atoms with Crippen LogP contribution in [0.15, 0.2) is 73.1 Å². The maximum absolute atomic E-state index is 16.0. The van der Waals surface area contributed by atoms with Crippen molar-refractivity contribution < 1.29 is 27.9 Å². The van der Waals surface area contributed by atoms with Gasteiger partial charge >= 0.3 is 0 Å². The van der Waals surface area contributed by atoms with Gasteiger partial charge in [0.15, 0.2) is 17.5 Å². The zero-order valence-electron chi connectivity index (χ0n) is 32.8. The van der Waals surface area contributed by atoms with Crippen LogP contribution in [0.2, 0.25) is 5.02 Å². The zero-order valence-corrected chi connectivity index (χ0v) is 33.5. The predicted molar refractivity (Wildman–Crippen MR) is 216 cm³/mol. The summed E-state index contributed by atoms with van der Waals surface area (Å²) in [6.45, 7) is 5.31. The molecule has 12 nitrogen and oxygen atoms in total. The number of nitrogens with zero attached hydrogens (tertiary/aromatic N) is 7. The fourth-order valence-electron chi connectivity index (χ4n) is 6.98. The lowest BCUT2D eigenvalue weighted by Crippen LogP contribution is -2.52. The van der Waals surface area contributed by atoms with Crippen LogP contribution in [-0.2, 0) is 23.1 Å². The SMILES string of the molecule is CCC(CCN(C)C)C(=O)N1CCN(C(=O)c2ccc(NC(=O)c3ncc(-c4ccc(-c5cn(CCOC)nc5-c5ccccc5)c(F)c4F)n3C)cc2Cl)CC1. The molecule has 5 aromatic rings. The third kappa shape index (κ3) is 9.08. The third-order valence-corrected chi connectivity index (χ3v) is 10.6. The highest BCUT2D eigenvalue weighted by molar-refractivity contribution is 6.34. The maximum Gasteiger partial charge on any atom is 0.291 e. The predicted octanol–water partition coefficient (Wildman–Crippen LogP) is 6.71. The highest BCUT2D eigenvalue weighted by Crippen LogP contribution is 2.36. The molecular weight excluding hydrogens is 754 g/mol. The fraction of sp³-hybridized carbons (Fsp3) is 0.357. The van der Waals surface area contributed by atoms with Crippen molar-refractivity contribution in [2.75, 3.05) is 65.9 Å². The molecule has 1 aliphatic heterocycles. The van der Waals surface area contributed by atoms with Gasteiger partial charge in [0.2, 0.25) is 5.91 Å². The van der Waals surface area contributed by atoms with Crippen LogP contribution in [-0.4, -0.2) is 112 Å². The molecule has 6 rings (SSSR count). The lowest BCUT2D eigenvalue weighted by atomic mass is 9.99. The molecule has 1 atom stereocenters. The summed E-state index contributed by atoms with van der Waals surface area (Å²) in [6.07, 6.45) is 4.52. The molecule has 0 saturated carbocycles. The van der Waals surface area contributed by atoms with Crippen molar-refractivity contribution in [2.24, 2.45) is 13.0 Å². The van der Waals surface area contributed by atoms with Gasteiger partial charge in [-0.15, -0.1) is 0 Å². The molecule has 0 aliphatic carbocycles. The van der Waals surface area contributed by atoms with E-state index in [-0.39, 0.29) is 51.0 Å². The highest BCUT2D eigenvalue weighted by atomic mass is 35.5. The topological polar surface area (TPSA) is 118 Å². The standard InChI is InChI=1S/C42H47ClF2N8O4/c1-6-27(16-17-49(2)3)41(55)51-18-20-52(21-19-51)42(56)31-13-12-29(24-34(31)43)47-40(54)39-46-25-35(50(39)4)32-15-14-30(36(44)37(32)45)33-26-53(22-23-57-5)48-38(33)28-10-8-7-9-11-28/h7-15,24-27H,6,16-23H2,1-5H3,(H,47,54). The van der Waals surface area contributed by atoms with Gasteiger partial charge in [-0.1, -0.05) is 54.9 Å². The summed E-state index contributed by atoms with van der Waals surface area (Å²) in [5, 5.41) is 7.50. The van der Waals surface area contributed by atoms with E-state index in [2.05, 4.69) is 20.3 Å². The Bertz CT molecular complexity index is 2230. The van der Waals surface area contributed by atoms with E-state index < -0.39 is 17.5 Å². The number of hydrogen-bond donors (Lipinski definition) is 1. The summed E-state index contributed by atoms with van der Waals surface area (Å²) in [4.78, 5) is 49.8. The molecule has 3 heterocycles. The summed E-state index contributed by atoms with van der Waals surface area (Å²) in [5.41, 5.74) is 2.38. The molecule has 3 amide bonds. The van der Waals surface area contributed by atoms with E-state index in [0.29, 0.717) is 56.3 Å². The van der Waals surface area contributed by atoms with Gasteiger partial charge in [-0.25, -0.2) is 13.8 Å². The smallest absolute Gasteiger partial charge is 0.291 e. The normalized spacial score (nSPS) is 13.6. The summed E-state index contributed by atoms with van der Waals surface area (Å²) >= 11 is 6.57. The van der Waals surface area contributed by atoms with Crippen LogP contribution in [0.3, 0.4) is 0 Å². The van der Waals surface area contributed by atoms with Gasteiger partial charge in [0, 0.05) is 80.4 Å². The van der Waals surface area contributed by atoms with Crippen molar-refractivity contribution in [3.8, 4) is 33.6 Å². The first-order chi connectivity index (χ1) is 27.4. The van der Waals surface area contributed by atoms with Gasteiger partial charge < -0.3 is 29.3 Å². The average molecular weight is 801 g/mol. The van der Waals surface area contributed by atoms with E-state index >= 15 is 8.78 Å². The Hall–Kier alpha value is -5.44. The fourth-order valence-corrected chi connectivity index (χ4v) is 7.24. The minimum absolute atomic E-state index is 0.0337. The van der Waals surface area contributed by atoms with E-state index in [9.17, 15) is 14.4 Å². The van der Waals surface area contributed by atoms with E-state index in [0.717, 1.165) is 24.9 Å². The Kier molecular flexibility index (Phi) is 13.2. The second-order valence-electron chi connectivity index (χ2n) is 14.3. The van der Waals surface area contributed by atoms with Gasteiger partial charge in [0.1, 0.15) is 5.69 Å². The van der Waals surface area contributed by atoms with Gasteiger partial charge in [-0.05, 0) is 57.7 Å². The van der Waals surface area contributed by atoms with Crippen LogP contribution in [0.5, 0.6) is 0 Å². The number of aromatic nitrogens is 4. The van der Waals surface area contributed by atoms with Crippen molar-refractivity contribution in [2.45, 2.75) is 26.3 Å². The van der Waals surface area contributed by atoms with Gasteiger partial charge in [0.25, 0.3) is 11.8 Å². The van der Waals surface area contributed by atoms with Crippen LogP contribution in [0.1, 0.15) is 40.7 Å². The van der Waals surface area contributed by atoms with E-state index in [1.54, 1.807) is 35.0 Å². The molecule has 2 aromatic heterocycles. The molecule has 57 heavy (non-hydrogen) atoms. The molecule has 0 bridgehead atoms. The largest absolute Gasteiger partial charge is 0.383 e. The zero-order chi connectivity index (χ0) is 40.8. The van der Waals surface area contributed by atoms with Crippen molar-refractivity contribution in [1.29, 1.82) is 0 Å². The monoisotopic (exact) mass is 800 g/mol. The molecule has 1 saturated heterocycles. The number of piperazine rings is 1. The Morgan fingerprint density at radius 2 is 1.63 bits per heavy atom. The Morgan fingerprint density at radius 3 is 2.30 bits per heavy atom. The van der Waals surface area contributed by atoms with Crippen LogP contribution < -0.4 is 5.32 Å². The quantitative estimate of drug-likeness (QED) is 0.133. The first kappa shape index (κ1) is 41.2. The molecule has 15 heteroatoms. The highest BCUT2D eigenvalue weighted by Gasteiger charge is 2.30. The van der Waals surface area contributed by atoms with E-state index in [1.165, 1.54) is 36.0 Å². The molecule has 300 valence electrons. The second kappa shape index (κ2) is 18.2. The van der Waals surface area contributed by atoms with Crippen molar-refractivity contribution in [3.63, 3.8) is 0 Å². The first-order valence-corrected chi connectivity index (χ1v) is 19.3. The number of carbonyl (C=O) groups excluding carboxylic acids is 3. The Labute approximate surface area is 336 Å². The van der Waals surface area contributed by atoms with Crippen LogP contribution in [0, 0.1) is 17.6 Å². The molecule has 1 fully saturated rings. The number of hydrogen-bond acceptors (Lipinski definition) is 7. The molecule has 1 unspecified atom stereocenters. The van der Waals surface area contributed by atoms with Crippen LogP contribution in [0.25, 0.3) is 33.6 Å². The molecule has 1 N–H and O–H groups in total. The van der Waals surface area contributed by atoms with Gasteiger partial charge in [-0.3, -0.25) is 19.1 Å². The minimum atomic E-state index is -1.10.